The number of rotatable bonds is 11. The average Bonchev–Trinajstić information content (AvgIpc) is 3.46. The molecule has 0 aliphatic carbocycles. The van der Waals surface area contributed by atoms with Crippen molar-refractivity contribution in [2.75, 3.05) is 46.3 Å². The van der Waals surface area contributed by atoms with E-state index in [1.54, 1.807) is 0 Å². The van der Waals surface area contributed by atoms with Crippen LogP contribution in [0.15, 0.2) is 89.2 Å². The van der Waals surface area contributed by atoms with Gasteiger partial charge in [-0.25, -0.2) is 4.79 Å². The van der Waals surface area contributed by atoms with E-state index in [4.69, 9.17) is 15.3 Å². The number of likely N-dealkylation sites (N-methyl/N-ethyl adjacent to an activating group) is 1. The van der Waals surface area contributed by atoms with E-state index in [1.807, 2.05) is 72.8 Å². The summed E-state index contributed by atoms with van der Waals surface area (Å²) in [5.41, 5.74) is 7.87. The molecule has 0 bridgehead atoms. The minimum absolute atomic E-state index is 0.0153. The van der Waals surface area contributed by atoms with Gasteiger partial charge in [-0.3, -0.25) is 14.5 Å². The molecule has 5 rings (SSSR count). The number of aromatic nitrogens is 2. The van der Waals surface area contributed by atoms with Crippen molar-refractivity contribution in [2.45, 2.75) is 17.5 Å². The molecule has 0 saturated carbocycles. The number of thioether (sulfide) groups is 1. The van der Waals surface area contributed by atoms with Crippen molar-refractivity contribution >= 4 is 51.9 Å². The van der Waals surface area contributed by atoms with E-state index in [0.29, 0.717) is 22.4 Å². The Morgan fingerprint density at radius 3 is 2.33 bits per heavy atom. The predicted molar refractivity (Wildman–Crippen MR) is 173 cm³/mol. The highest BCUT2D eigenvalue weighted by Crippen LogP contribution is 2.42. The molecule has 2 aliphatic heterocycles. The quantitative estimate of drug-likeness (QED) is 0.105. The minimum Gasteiger partial charge on any atom is -0.448 e. The monoisotopic (exact) mass is 648 g/mol. The largest absolute Gasteiger partial charge is 0.448 e. The zero-order chi connectivity index (χ0) is 32.1. The number of hydrogen-bond acceptors (Lipinski definition) is 11. The second-order valence-corrected chi connectivity index (χ2v) is 13.2. The molecule has 1 saturated heterocycles. The Kier molecular flexibility index (Phi) is 9.65. The maximum Gasteiger partial charge on any atom is 0.356 e. The summed E-state index contributed by atoms with van der Waals surface area (Å²) in [6.07, 6.45) is 3.16. The first-order valence-electron chi connectivity index (χ1n) is 14.0. The molecule has 1 fully saturated rings. The number of nitrogen functional groups attached to an aromatic ring is 1. The van der Waals surface area contributed by atoms with Gasteiger partial charge in [0.25, 0.3) is 11.8 Å². The highest BCUT2D eigenvalue weighted by molar-refractivity contribution is 8.00. The van der Waals surface area contributed by atoms with Crippen LogP contribution in [-0.2, 0) is 24.0 Å². The Hall–Kier alpha value is -4.53. The van der Waals surface area contributed by atoms with Gasteiger partial charge in [-0.05, 0) is 22.8 Å². The van der Waals surface area contributed by atoms with Gasteiger partial charge in [0, 0.05) is 17.3 Å². The Labute approximate surface area is 269 Å². The van der Waals surface area contributed by atoms with Crippen molar-refractivity contribution in [3.8, 4) is 0 Å². The van der Waals surface area contributed by atoms with E-state index >= 15 is 0 Å². The van der Waals surface area contributed by atoms with Gasteiger partial charge in [-0.15, -0.1) is 11.8 Å². The van der Waals surface area contributed by atoms with E-state index in [2.05, 4.69) is 41.0 Å². The highest BCUT2D eigenvalue weighted by Gasteiger charge is 2.54. The first-order valence-corrected chi connectivity index (χ1v) is 15.9. The molecule has 0 radical (unpaired) electrons. The number of carbonyl (C=O) groups excluding carboxylic acids is 3. The Balaban J connectivity index is 1.44. The topological polar surface area (TPSA) is 149 Å². The Morgan fingerprint density at radius 1 is 1.13 bits per heavy atom. The predicted octanol–water partition coefficient (Wildman–Crippen LogP) is 2.72. The Bertz CT molecular complexity index is 1610. The summed E-state index contributed by atoms with van der Waals surface area (Å²) in [5, 5.41) is 6.07. The number of amides is 2. The smallest absolute Gasteiger partial charge is 0.356 e. The lowest BCUT2D eigenvalue weighted by atomic mass is 10.0. The number of esters is 1. The van der Waals surface area contributed by atoms with Crippen LogP contribution in [0, 0.1) is 0 Å². The van der Waals surface area contributed by atoms with Gasteiger partial charge in [0.05, 0.1) is 27.7 Å². The highest BCUT2D eigenvalue weighted by atomic mass is 32.2. The van der Waals surface area contributed by atoms with Crippen LogP contribution in [0.5, 0.6) is 0 Å². The number of quaternary nitrogens is 1. The zero-order valence-corrected chi connectivity index (χ0v) is 26.9. The summed E-state index contributed by atoms with van der Waals surface area (Å²) < 4.78 is 10.9. The number of benzene rings is 2. The number of anilines is 1. The molecule has 2 amide bonds. The molecule has 234 valence electrons. The molecule has 1 aromatic heterocycles. The average molecular weight is 649 g/mol. The van der Waals surface area contributed by atoms with Gasteiger partial charge in [-0.2, -0.15) is 9.36 Å². The molecule has 1 unspecified atom stereocenters. The van der Waals surface area contributed by atoms with Crippen LogP contribution in [0.2, 0.25) is 0 Å². The Morgan fingerprint density at radius 2 is 1.78 bits per heavy atom. The van der Waals surface area contributed by atoms with Gasteiger partial charge in [0.1, 0.15) is 24.2 Å². The molecule has 14 heteroatoms. The number of ether oxygens (including phenoxy) is 1. The SMILES string of the molecule is CON=C(C(=O)NC1C(=O)N2C(C(=O)OC(c3ccccc3)c3ccccc3)=C(C=CC[N+](C)(C)C)CS[C@H]12)c1nsc(N)n1. The number of allylic oxidation sites excluding steroid dienone is 1. The second kappa shape index (κ2) is 13.6. The zero-order valence-electron chi connectivity index (χ0n) is 25.2. The van der Waals surface area contributed by atoms with Gasteiger partial charge in [0.2, 0.25) is 11.5 Å². The maximum absolute atomic E-state index is 14.1. The van der Waals surface area contributed by atoms with Crippen molar-refractivity contribution in [1.29, 1.82) is 0 Å². The molecule has 2 aliphatic rings. The molecular formula is C31H34N7O5S2+. The third kappa shape index (κ3) is 7.24. The molecule has 2 aromatic carbocycles. The van der Waals surface area contributed by atoms with Crippen LogP contribution in [-0.4, -0.2) is 94.2 Å². The van der Waals surface area contributed by atoms with E-state index < -0.39 is 35.3 Å². The number of fused-ring (bicyclic) bond motifs is 1. The van der Waals surface area contributed by atoms with Crippen LogP contribution >= 0.6 is 23.3 Å². The van der Waals surface area contributed by atoms with Gasteiger partial charge in [-0.1, -0.05) is 71.9 Å². The third-order valence-corrected chi connectivity index (χ3v) is 8.78. The van der Waals surface area contributed by atoms with E-state index in [0.717, 1.165) is 22.7 Å². The summed E-state index contributed by atoms with van der Waals surface area (Å²) in [6.45, 7) is 0.708. The van der Waals surface area contributed by atoms with Gasteiger partial charge >= 0.3 is 5.97 Å². The lowest BCUT2D eigenvalue weighted by molar-refractivity contribution is -0.864. The van der Waals surface area contributed by atoms with Gasteiger partial charge < -0.3 is 25.1 Å². The van der Waals surface area contributed by atoms with Crippen LogP contribution in [0.4, 0.5) is 5.13 Å². The third-order valence-electron chi connectivity index (χ3n) is 6.93. The van der Waals surface area contributed by atoms with Crippen molar-refractivity contribution in [2.24, 2.45) is 5.16 Å². The first kappa shape index (κ1) is 31.9. The van der Waals surface area contributed by atoms with Crippen molar-refractivity contribution < 1.29 is 28.4 Å². The number of nitrogens with one attached hydrogen (secondary N) is 1. The number of nitrogens with zero attached hydrogens (tertiary/aromatic N) is 5. The van der Waals surface area contributed by atoms with E-state index in [9.17, 15) is 14.4 Å². The van der Waals surface area contributed by atoms with Crippen molar-refractivity contribution in [3.05, 3.63) is 101 Å². The lowest BCUT2D eigenvalue weighted by Crippen LogP contribution is -2.71. The first-order chi connectivity index (χ1) is 21.6. The van der Waals surface area contributed by atoms with E-state index in [1.165, 1.54) is 23.8 Å². The fourth-order valence-corrected chi connectivity index (χ4v) is 6.59. The normalized spacial score (nSPS) is 18.6. The number of hydrogen-bond donors (Lipinski definition) is 2. The summed E-state index contributed by atoms with van der Waals surface area (Å²) in [4.78, 5) is 51.2. The van der Waals surface area contributed by atoms with E-state index in [-0.39, 0.29) is 22.4 Å². The molecular weight excluding hydrogens is 615 g/mol. The van der Waals surface area contributed by atoms with Crippen LogP contribution in [0.25, 0.3) is 0 Å². The van der Waals surface area contributed by atoms with Crippen LogP contribution in [0.1, 0.15) is 23.1 Å². The molecule has 45 heavy (non-hydrogen) atoms. The molecule has 3 aromatic rings. The summed E-state index contributed by atoms with van der Waals surface area (Å²) in [7, 11) is 7.47. The number of oxime groups is 1. The van der Waals surface area contributed by atoms with Crippen molar-refractivity contribution in [1.82, 2.24) is 19.6 Å². The fourth-order valence-electron chi connectivity index (χ4n) is 4.83. The van der Waals surface area contributed by atoms with Crippen LogP contribution in [0.3, 0.4) is 0 Å². The van der Waals surface area contributed by atoms with Crippen LogP contribution < -0.4 is 11.1 Å². The standard InChI is InChI=1S/C31H33N7O5S2/c1-38(2,3)17-11-16-21-18-44-29-23(33-27(39)22(35-42-4)26-34-31(32)45-36-26)28(40)37(29)24(21)30(41)43-25(19-12-7-5-8-13-19)20-14-9-6-10-15-20/h5-16,23,25,29H,17-18H2,1-4H3,(H2-,32,33,34,36,39)/p+1/t23?,29-/m1/s1. The number of nitrogens with two attached hydrogens (primary N) is 1. The fraction of sp³-hybridized carbons (Fsp3) is 0.290. The summed E-state index contributed by atoms with van der Waals surface area (Å²) in [6, 6.07) is 18.0. The summed E-state index contributed by atoms with van der Waals surface area (Å²) in [5.74, 6) is -1.39. The number of carbonyl (C=O) groups is 3. The number of β-lactam (4-membered cyclic amide) rings is 1. The van der Waals surface area contributed by atoms with Gasteiger partial charge in [0.15, 0.2) is 11.2 Å². The minimum atomic E-state index is -0.931. The molecule has 2 atom stereocenters. The summed E-state index contributed by atoms with van der Waals surface area (Å²) >= 11 is 2.34. The second-order valence-electron chi connectivity index (χ2n) is 11.3. The maximum atomic E-state index is 14.1. The molecule has 12 nitrogen and oxygen atoms in total. The molecule has 3 heterocycles. The van der Waals surface area contributed by atoms with Crippen molar-refractivity contribution in [3.63, 3.8) is 0 Å². The molecule has 3 N–H and O–H groups in total. The molecule has 0 spiro atoms. The lowest BCUT2D eigenvalue weighted by Gasteiger charge is -2.49.